The quantitative estimate of drug-likeness (QED) is 0.444. The van der Waals surface area contributed by atoms with Gasteiger partial charge in [-0.05, 0) is 36.2 Å². The summed E-state index contributed by atoms with van der Waals surface area (Å²) in [5, 5.41) is 0. The summed E-state index contributed by atoms with van der Waals surface area (Å²) < 4.78 is 59.9. The van der Waals surface area contributed by atoms with Crippen LogP contribution < -0.4 is 0 Å². The minimum Gasteiger partial charge on any atom is -0.376 e. The Bertz CT molecular complexity index is 1260. The maximum Gasteiger partial charge on any atom is 0.199 e. The molecule has 172 valence electrons. The van der Waals surface area contributed by atoms with Gasteiger partial charge in [0.15, 0.2) is 23.8 Å². The molecule has 3 aromatic rings. The average molecular weight is 483 g/mol. The van der Waals surface area contributed by atoms with Crippen LogP contribution in [0.1, 0.15) is 24.5 Å². The molecule has 1 fully saturated rings. The lowest BCUT2D eigenvalue weighted by atomic mass is 9.92. The first kappa shape index (κ1) is 23.4. The van der Waals surface area contributed by atoms with Gasteiger partial charge in [0.2, 0.25) is 0 Å². The van der Waals surface area contributed by atoms with Crippen molar-refractivity contribution in [2.24, 2.45) is 5.92 Å². The van der Waals surface area contributed by atoms with Crippen molar-refractivity contribution in [3.63, 3.8) is 0 Å². The molecular formula is C26H26O5S2. The lowest BCUT2D eigenvalue weighted by Crippen LogP contribution is -2.44. The normalized spacial score (nSPS) is 19.3. The van der Waals surface area contributed by atoms with E-state index < -0.39 is 35.8 Å². The average Bonchev–Trinajstić information content (AvgIpc) is 3.21. The second kappa shape index (κ2) is 8.89. The maximum atomic E-state index is 14.1. The van der Waals surface area contributed by atoms with E-state index in [0.29, 0.717) is 5.57 Å². The fourth-order valence-corrected chi connectivity index (χ4v) is 9.88. The third-order valence-electron chi connectivity index (χ3n) is 6.39. The van der Waals surface area contributed by atoms with Gasteiger partial charge >= 0.3 is 0 Å². The van der Waals surface area contributed by atoms with Gasteiger partial charge in [0.05, 0.1) is 15.9 Å². The van der Waals surface area contributed by atoms with Gasteiger partial charge in [-0.1, -0.05) is 78.9 Å². The van der Waals surface area contributed by atoms with Crippen LogP contribution in [-0.2, 0) is 24.4 Å². The fourth-order valence-electron chi connectivity index (χ4n) is 4.71. The molecule has 0 radical (unpaired) electrons. The van der Waals surface area contributed by atoms with Crippen molar-refractivity contribution in [3.8, 4) is 0 Å². The van der Waals surface area contributed by atoms with Crippen LogP contribution in [0.3, 0.4) is 0 Å². The SMILES string of the molecule is C=C1CC(S(=O)(=O)c2ccccc2)(S(=O)(=O)c2ccccc2)C[C@@H]1[C@H](OC)c1ccccc1. The van der Waals surface area contributed by atoms with Crippen LogP contribution in [0.5, 0.6) is 0 Å². The van der Waals surface area contributed by atoms with E-state index in [1.807, 2.05) is 30.3 Å². The zero-order valence-corrected chi connectivity index (χ0v) is 19.9. The molecule has 0 N–H and O–H groups in total. The summed E-state index contributed by atoms with van der Waals surface area (Å²) in [6.07, 6.45) is -0.857. The second-order valence-electron chi connectivity index (χ2n) is 8.26. The topological polar surface area (TPSA) is 77.5 Å². The van der Waals surface area contributed by atoms with E-state index >= 15 is 0 Å². The smallest absolute Gasteiger partial charge is 0.199 e. The molecule has 0 bridgehead atoms. The van der Waals surface area contributed by atoms with E-state index in [-0.39, 0.29) is 22.6 Å². The standard InChI is InChI=1S/C26H26O5S2/c1-20-18-26(32(27,28)22-14-8-4-9-15-22,33(29,30)23-16-10-5-11-17-23)19-24(20)25(31-2)21-12-6-3-7-13-21/h3-17,24-25H,1,18-19H2,2H3/t24-,25+/m0/s1. The summed E-state index contributed by atoms with van der Waals surface area (Å²) in [7, 11) is -7.06. The van der Waals surface area contributed by atoms with Gasteiger partial charge in [0.25, 0.3) is 0 Å². The number of hydrogen-bond acceptors (Lipinski definition) is 5. The van der Waals surface area contributed by atoms with Gasteiger partial charge in [-0.3, -0.25) is 0 Å². The molecule has 7 heteroatoms. The molecule has 1 saturated carbocycles. The van der Waals surface area contributed by atoms with E-state index in [2.05, 4.69) is 6.58 Å². The highest BCUT2D eigenvalue weighted by atomic mass is 32.3. The molecular weight excluding hydrogens is 456 g/mol. The predicted octanol–water partition coefficient (Wildman–Crippen LogP) is 4.98. The van der Waals surface area contributed by atoms with Crippen LogP contribution in [0, 0.1) is 5.92 Å². The largest absolute Gasteiger partial charge is 0.376 e. The lowest BCUT2D eigenvalue weighted by Gasteiger charge is -2.30. The molecule has 0 amide bonds. The van der Waals surface area contributed by atoms with Crippen molar-refractivity contribution in [3.05, 3.63) is 109 Å². The third kappa shape index (κ3) is 3.84. The molecule has 2 atom stereocenters. The second-order valence-corrected chi connectivity index (χ2v) is 13.0. The first-order chi connectivity index (χ1) is 15.7. The molecule has 0 aliphatic heterocycles. The summed E-state index contributed by atoms with van der Waals surface area (Å²) in [6.45, 7) is 4.13. The molecule has 1 aliphatic rings. The van der Waals surface area contributed by atoms with Crippen molar-refractivity contribution in [1.29, 1.82) is 0 Å². The van der Waals surface area contributed by atoms with Gasteiger partial charge in [-0.15, -0.1) is 0 Å². The Labute approximate surface area is 195 Å². The Hall–Kier alpha value is -2.74. The number of methoxy groups -OCH3 is 1. The summed E-state index contributed by atoms with van der Waals surface area (Å²) in [5.74, 6) is -0.491. The lowest BCUT2D eigenvalue weighted by molar-refractivity contribution is 0.0660. The van der Waals surface area contributed by atoms with Crippen LogP contribution in [0.4, 0.5) is 0 Å². The van der Waals surface area contributed by atoms with Gasteiger partial charge in [-0.2, -0.15) is 0 Å². The maximum absolute atomic E-state index is 14.1. The molecule has 33 heavy (non-hydrogen) atoms. The summed E-state index contributed by atoms with van der Waals surface area (Å²) in [6, 6.07) is 24.9. The highest BCUT2D eigenvalue weighted by Crippen LogP contribution is 2.54. The summed E-state index contributed by atoms with van der Waals surface area (Å²) >= 11 is 0. The number of hydrogen-bond donors (Lipinski definition) is 0. The van der Waals surface area contributed by atoms with E-state index in [0.717, 1.165) is 5.56 Å². The van der Waals surface area contributed by atoms with Crippen molar-refractivity contribution < 1.29 is 21.6 Å². The zero-order chi connectivity index (χ0) is 23.7. The van der Waals surface area contributed by atoms with E-state index in [1.165, 1.54) is 24.3 Å². The Kier molecular flexibility index (Phi) is 6.31. The molecule has 0 saturated heterocycles. The van der Waals surface area contributed by atoms with Crippen LogP contribution in [-0.4, -0.2) is 28.0 Å². The molecule has 3 aromatic carbocycles. The Morgan fingerprint density at radius 1 is 0.788 bits per heavy atom. The van der Waals surface area contributed by atoms with Crippen molar-refractivity contribution in [2.45, 2.75) is 32.8 Å². The van der Waals surface area contributed by atoms with Gasteiger partial charge in [0, 0.05) is 19.4 Å². The van der Waals surface area contributed by atoms with Crippen LogP contribution >= 0.6 is 0 Å². The molecule has 5 nitrogen and oxygen atoms in total. The predicted molar refractivity (Wildman–Crippen MR) is 128 cm³/mol. The van der Waals surface area contributed by atoms with Crippen LogP contribution in [0.2, 0.25) is 0 Å². The molecule has 0 aromatic heterocycles. The van der Waals surface area contributed by atoms with Gasteiger partial charge in [0.1, 0.15) is 0 Å². The zero-order valence-electron chi connectivity index (χ0n) is 18.3. The summed E-state index contributed by atoms with van der Waals surface area (Å²) in [5.41, 5.74) is 1.39. The Balaban J connectivity index is 1.91. The first-order valence-electron chi connectivity index (χ1n) is 10.6. The highest BCUT2D eigenvalue weighted by Gasteiger charge is 2.62. The molecule has 0 spiro atoms. The van der Waals surface area contributed by atoms with Gasteiger partial charge < -0.3 is 4.74 Å². The fraction of sp³-hybridized carbons (Fsp3) is 0.231. The Morgan fingerprint density at radius 2 is 1.21 bits per heavy atom. The number of benzene rings is 3. The molecule has 1 aliphatic carbocycles. The van der Waals surface area contributed by atoms with E-state index in [4.69, 9.17) is 4.74 Å². The number of sulfone groups is 2. The molecule has 0 unspecified atom stereocenters. The monoisotopic (exact) mass is 482 g/mol. The van der Waals surface area contributed by atoms with Crippen LogP contribution in [0.15, 0.2) is 113 Å². The number of ether oxygens (including phenoxy) is 1. The number of rotatable bonds is 7. The third-order valence-corrected chi connectivity index (χ3v) is 12.1. The van der Waals surface area contributed by atoms with Crippen molar-refractivity contribution in [2.75, 3.05) is 7.11 Å². The van der Waals surface area contributed by atoms with E-state index in [1.54, 1.807) is 43.5 Å². The molecule has 0 heterocycles. The van der Waals surface area contributed by atoms with Gasteiger partial charge in [-0.25, -0.2) is 16.8 Å². The highest BCUT2D eigenvalue weighted by molar-refractivity contribution is 8.10. The summed E-state index contributed by atoms with van der Waals surface area (Å²) in [4.78, 5) is -0.0433. The van der Waals surface area contributed by atoms with E-state index in [9.17, 15) is 16.8 Å². The minimum atomic E-state index is -4.30. The first-order valence-corrected chi connectivity index (χ1v) is 13.6. The van der Waals surface area contributed by atoms with Crippen molar-refractivity contribution in [1.82, 2.24) is 0 Å². The van der Waals surface area contributed by atoms with Crippen molar-refractivity contribution >= 4 is 19.7 Å². The van der Waals surface area contributed by atoms with Crippen LogP contribution in [0.25, 0.3) is 0 Å². The minimum absolute atomic E-state index is 0.0216. The Morgan fingerprint density at radius 3 is 1.64 bits per heavy atom. The molecule has 4 rings (SSSR count).